The lowest BCUT2D eigenvalue weighted by atomic mass is 9.98. The molecule has 108 valence electrons. The van der Waals surface area contributed by atoms with E-state index in [-0.39, 0.29) is 11.5 Å². The molecule has 0 spiro atoms. The van der Waals surface area contributed by atoms with E-state index >= 15 is 0 Å². The Morgan fingerprint density at radius 1 is 1.25 bits per heavy atom. The molecule has 20 heavy (non-hydrogen) atoms. The molecule has 0 saturated carbocycles. The van der Waals surface area contributed by atoms with E-state index in [2.05, 4.69) is 6.92 Å². The molecule has 1 fully saturated rings. The van der Waals surface area contributed by atoms with Gasteiger partial charge in [-0.3, -0.25) is 4.79 Å². The van der Waals surface area contributed by atoms with Crippen molar-refractivity contribution in [1.29, 1.82) is 0 Å². The largest absolute Gasteiger partial charge is 0.478 e. The summed E-state index contributed by atoms with van der Waals surface area (Å²) >= 11 is 0. The normalized spacial score (nSPS) is 19.4. The van der Waals surface area contributed by atoms with Crippen LogP contribution in [0.3, 0.4) is 0 Å². The van der Waals surface area contributed by atoms with Gasteiger partial charge in [0.25, 0.3) is 5.91 Å². The number of nitrogens with zero attached hydrogens (tertiary/aromatic N) is 1. The van der Waals surface area contributed by atoms with Crippen LogP contribution in [0, 0.1) is 5.92 Å². The van der Waals surface area contributed by atoms with Crippen LogP contribution < -0.4 is 0 Å². The number of rotatable bonds is 3. The number of amides is 1. The molecular formula is C16H21NO3. The van der Waals surface area contributed by atoms with E-state index in [1.807, 2.05) is 4.90 Å². The summed E-state index contributed by atoms with van der Waals surface area (Å²) in [6.45, 7) is 3.74. The van der Waals surface area contributed by atoms with Crippen molar-refractivity contribution in [2.24, 2.45) is 5.92 Å². The molecule has 1 saturated heterocycles. The van der Waals surface area contributed by atoms with Gasteiger partial charge in [0, 0.05) is 18.7 Å². The minimum absolute atomic E-state index is 0.0511. The zero-order chi connectivity index (χ0) is 14.5. The average Bonchev–Trinajstić information content (AvgIpc) is 2.72. The Hall–Kier alpha value is -1.84. The van der Waals surface area contributed by atoms with Gasteiger partial charge in [0.2, 0.25) is 0 Å². The fourth-order valence-electron chi connectivity index (χ4n) is 2.74. The Morgan fingerprint density at radius 2 is 2.00 bits per heavy atom. The van der Waals surface area contributed by atoms with Crippen molar-refractivity contribution in [2.75, 3.05) is 13.1 Å². The summed E-state index contributed by atoms with van der Waals surface area (Å²) in [5, 5.41) is 8.99. The van der Waals surface area contributed by atoms with Crippen LogP contribution in [0.1, 0.15) is 53.3 Å². The molecule has 1 aliphatic heterocycles. The summed E-state index contributed by atoms with van der Waals surface area (Å²) in [6.07, 6.45) is 4.41. The van der Waals surface area contributed by atoms with Crippen LogP contribution in [0.5, 0.6) is 0 Å². The number of carbonyl (C=O) groups excluding carboxylic acids is 1. The summed E-state index contributed by atoms with van der Waals surface area (Å²) in [4.78, 5) is 25.3. The minimum Gasteiger partial charge on any atom is -0.478 e. The van der Waals surface area contributed by atoms with Gasteiger partial charge in [0.15, 0.2) is 0 Å². The second-order valence-electron chi connectivity index (χ2n) is 5.38. The molecule has 1 unspecified atom stereocenters. The zero-order valence-electron chi connectivity index (χ0n) is 11.8. The molecule has 4 nitrogen and oxygen atoms in total. The van der Waals surface area contributed by atoms with Gasteiger partial charge >= 0.3 is 5.97 Å². The van der Waals surface area contributed by atoms with Crippen molar-refractivity contribution in [3.63, 3.8) is 0 Å². The quantitative estimate of drug-likeness (QED) is 0.922. The first-order chi connectivity index (χ1) is 9.61. The first kappa shape index (κ1) is 14.6. The fraction of sp³-hybridized carbons (Fsp3) is 0.500. The summed E-state index contributed by atoms with van der Waals surface area (Å²) in [7, 11) is 0. The van der Waals surface area contributed by atoms with Crippen molar-refractivity contribution < 1.29 is 14.7 Å². The van der Waals surface area contributed by atoms with Gasteiger partial charge in [-0.15, -0.1) is 0 Å². The van der Waals surface area contributed by atoms with E-state index in [9.17, 15) is 9.59 Å². The van der Waals surface area contributed by atoms with Gasteiger partial charge < -0.3 is 10.0 Å². The molecule has 0 aromatic heterocycles. The van der Waals surface area contributed by atoms with Gasteiger partial charge in [0.1, 0.15) is 0 Å². The van der Waals surface area contributed by atoms with Crippen LogP contribution in [-0.2, 0) is 0 Å². The number of carboxylic acids is 1. The Bertz CT molecular complexity index is 498. The summed E-state index contributed by atoms with van der Waals surface area (Å²) < 4.78 is 0. The molecule has 1 atom stereocenters. The standard InChI is InChI=1S/C16H21NO3/c1-2-12-5-4-9-17(10-8-12)15(18)13-6-3-7-14(11-13)16(19)20/h3,6-7,11-12H,2,4-5,8-10H2,1H3,(H,19,20). The number of carboxylic acid groups (broad SMARTS) is 1. The highest BCUT2D eigenvalue weighted by Gasteiger charge is 2.21. The third kappa shape index (κ3) is 3.38. The van der Waals surface area contributed by atoms with Crippen molar-refractivity contribution >= 4 is 11.9 Å². The maximum absolute atomic E-state index is 12.5. The predicted molar refractivity (Wildman–Crippen MR) is 76.9 cm³/mol. The number of hydrogen-bond acceptors (Lipinski definition) is 2. The average molecular weight is 275 g/mol. The van der Waals surface area contributed by atoms with E-state index < -0.39 is 5.97 Å². The zero-order valence-corrected chi connectivity index (χ0v) is 11.8. The molecule has 2 rings (SSSR count). The van der Waals surface area contributed by atoms with Crippen LogP contribution in [0.2, 0.25) is 0 Å². The minimum atomic E-state index is -0.999. The lowest BCUT2D eigenvalue weighted by Crippen LogP contribution is -2.32. The summed E-state index contributed by atoms with van der Waals surface area (Å²) in [5.74, 6) is -0.343. The second kappa shape index (κ2) is 6.55. The van der Waals surface area contributed by atoms with Crippen LogP contribution in [0.4, 0.5) is 0 Å². The Labute approximate surface area is 119 Å². The van der Waals surface area contributed by atoms with Crippen molar-refractivity contribution in [3.05, 3.63) is 35.4 Å². The van der Waals surface area contributed by atoms with Crippen LogP contribution >= 0.6 is 0 Å². The smallest absolute Gasteiger partial charge is 0.335 e. The SMILES string of the molecule is CCC1CCCN(C(=O)c2cccc(C(=O)O)c2)CC1. The first-order valence-electron chi connectivity index (χ1n) is 7.24. The highest BCUT2D eigenvalue weighted by Crippen LogP contribution is 2.21. The molecule has 0 aliphatic carbocycles. The second-order valence-corrected chi connectivity index (χ2v) is 5.38. The highest BCUT2D eigenvalue weighted by molar-refractivity contribution is 5.97. The van der Waals surface area contributed by atoms with Gasteiger partial charge in [-0.25, -0.2) is 4.79 Å². The Kier molecular flexibility index (Phi) is 4.77. The molecule has 4 heteroatoms. The van der Waals surface area contributed by atoms with E-state index in [1.165, 1.54) is 18.6 Å². The lowest BCUT2D eigenvalue weighted by molar-refractivity contribution is 0.0697. The lowest BCUT2D eigenvalue weighted by Gasteiger charge is -2.20. The maximum Gasteiger partial charge on any atom is 0.335 e. The van der Waals surface area contributed by atoms with E-state index in [0.29, 0.717) is 11.5 Å². The molecule has 1 N–H and O–H groups in total. The van der Waals surface area contributed by atoms with E-state index in [1.54, 1.807) is 12.1 Å². The predicted octanol–water partition coefficient (Wildman–Crippen LogP) is 3.04. The molecule has 1 amide bonds. The maximum atomic E-state index is 12.5. The number of hydrogen-bond donors (Lipinski definition) is 1. The monoisotopic (exact) mass is 275 g/mol. The summed E-state index contributed by atoms with van der Waals surface area (Å²) in [6, 6.07) is 6.29. The van der Waals surface area contributed by atoms with Crippen molar-refractivity contribution in [1.82, 2.24) is 4.90 Å². The van der Waals surface area contributed by atoms with Gasteiger partial charge in [0.05, 0.1) is 5.56 Å². The number of likely N-dealkylation sites (tertiary alicyclic amines) is 1. The molecule has 0 bridgehead atoms. The molecule has 0 radical (unpaired) electrons. The summed E-state index contributed by atoms with van der Waals surface area (Å²) in [5.41, 5.74) is 0.636. The van der Waals surface area contributed by atoms with Crippen LogP contribution in [-0.4, -0.2) is 35.0 Å². The number of aromatic carboxylic acids is 1. The van der Waals surface area contributed by atoms with Gasteiger partial charge in [-0.2, -0.15) is 0 Å². The van der Waals surface area contributed by atoms with Gasteiger partial charge in [-0.1, -0.05) is 19.4 Å². The van der Waals surface area contributed by atoms with Crippen LogP contribution in [0.15, 0.2) is 24.3 Å². The Morgan fingerprint density at radius 3 is 2.70 bits per heavy atom. The molecule has 1 aliphatic rings. The van der Waals surface area contributed by atoms with E-state index in [4.69, 9.17) is 5.11 Å². The van der Waals surface area contributed by atoms with Crippen molar-refractivity contribution in [2.45, 2.75) is 32.6 Å². The third-order valence-corrected chi connectivity index (χ3v) is 4.07. The first-order valence-corrected chi connectivity index (χ1v) is 7.24. The molecule has 1 aromatic rings. The molecular weight excluding hydrogens is 254 g/mol. The van der Waals surface area contributed by atoms with E-state index in [0.717, 1.165) is 32.4 Å². The fourth-order valence-corrected chi connectivity index (χ4v) is 2.74. The molecule has 1 aromatic carbocycles. The highest BCUT2D eigenvalue weighted by atomic mass is 16.4. The Balaban J connectivity index is 2.10. The van der Waals surface area contributed by atoms with Gasteiger partial charge in [-0.05, 0) is 43.4 Å². The number of benzene rings is 1. The third-order valence-electron chi connectivity index (χ3n) is 4.07. The van der Waals surface area contributed by atoms with Crippen molar-refractivity contribution in [3.8, 4) is 0 Å². The number of carbonyl (C=O) groups is 2. The molecule has 1 heterocycles. The van der Waals surface area contributed by atoms with Crippen LogP contribution in [0.25, 0.3) is 0 Å². The topological polar surface area (TPSA) is 57.6 Å².